The zero-order valence-corrected chi connectivity index (χ0v) is 13.0. The molecule has 0 spiro atoms. The van der Waals surface area contributed by atoms with E-state index in [-0.39, 0.29) is 11.3 Å². The van der Waals surface area contributed by atoms with Crippen LogP contribution < -0.4 is 0 Å². The molecule has 1 aromatic rings. The molecule has 1 aliphatic rings. The molecular formula is C15H17F3N2O4. The normalized spacial score (nSPS) is 20.8. The standard InChI is InChI=1S/C15H17F3N2O4/c1-10-12(6-7-24-10)14(21)19(9-15(16,17)18)8-11-4-2-3-5-13(11)20(22)23/h2-5,10,12H,6-9H2,1H3/t10-,12-/m0/s1. The number of rotatable bonds is 5. The van der Waals surface area contributed by atoms with Crippen LogP contribution in [0.1, 0.15) is 18.9 Å². The van der Waals surface area contributed by atoms with Gasteiger partial charge in [0.1, 0.15) is 6.54 Å². The van der Waals surface area contributed by atoms with E-state index >= 15 is 0 Å². The van der Waals surface area contributed by atoms with Gasteiger partial charge in [-0.3, -0.25) is 14.9 Å². The summed E-state index contributed by atoms with van der Waals surface area (Å²) in [6.07, 6.45) is -4.73. The summed E-state index contributed by atoms with van der Waals surface area (Å²) in [5.41, 5.74) is -0.250. The smallest absolute Gasteiger partial charge is 0.378 e. The van der Waals surface area contributed by atoms with Gasteiger partial charge in [0, 0.05) is 18.2 Å². The third-order valence-corrected chi connectivity index (χ3v) is 3.92. The number of benzene rings is 1. The summed E-state index contributed by atoms with van der Waals surface area (Å²) in [6, 6.07) is 5.46. The van der Waals surface area contributed by atoms with Crippen molar-refractivity contribution in [3.8, 4) is 0 Å². The molecule has 0 N–H and O–H groups in total. The third kappa shape index (κ3) is 4.44. The Labute approximate surface area is 136 Å². The van der Waals surface area contributed by atoms with E-state index in [1.807, 2.05) is 0 Å². The molecule has 9 heteroatoms. The van der Waals surface area contributed by atoms with Gasteiger partial charge >= 0.3 is 6.18 Å². The summed E-state index contributed by atoms with van der Waals surface area (Å²) in [5, 5.41) is 11.0. The minimum absolute atomic E-state index is 0.0617. The van der Waals surface area contributed by atoms with Crippen LogP contribution in [0.5, 0.6) is 0 Å². The number of alkyl halides is 3. The van der Waals surface area contributed by atoms with Gasteiger partial charge in [-0.2, -0.15) is 13.2 Å². The van der Waals surface area contributed by atoms with Crippen LogP contribution in [0.25, 0.3) is 0 Å². The quantitative estimate of drug-likeness (QED) is 0.607. The van der Waals surface area contributed by atoms with Crippen molar-refractivity contribution in [3.05, 3.63) is 39.9 Å². The number of nitro benzene ring substituents is 1. The number of amides is 1. The molecular weight excluding hydrogens is 329 g/mol. The molecule has 0 aliphatic carbocycles. The molecule has 0 radical (unpaired) electrons. The van der Waals surface area contributed by atoms with Crippen LogP contribution in [0, 0.1) is 16.0 Å². The van der Waals surface area contributed by atoms with Crippen molar-refractivity contribution in [1.82, 2.24) is 4.90 Å². The molecule has 2 rings (SSSR count). The lowest BCUT2D eigenvalue weighted by Gasteiger charge is -2.27. The van der Waals surface area contributed by atoms with Gasteiger partial charge < -0.3 is 9.64 Å². The van der Waals surface area contributed by atoms with E-state index in [1.54, 1.807) is 6.92 Å². The largest absolute Gasteiger partial charge is 0.406 e. The van der Waals surface area contributed by atoms with Crippen molar-refractivity contribution in [1.29, 1.82) is 0 Å². The first-order valence-corrected chi connectivity index (χ1v) is 7.38. The minimum atomic E-state index is -4.60. The number of para-hydroxylation sites is 1. The zero-order valence-electron chi connectivity index (χ0n) is 13.0. The maximum absolute atomic E-state index is 12.9. The third-order valence-electron chi connectivity index (χ3n) is 3.92. The first-order chi connectivity index (χ1) is 11.2. The molecule has 1 saturated heterocycles. The van der Waals surface area contributed by atoms with Crippen LogP contribution >= 0.6 is 0 Å². The van der Waals surface area contributed by atoms with E-state index in [0.29, 0.717) is 17.9 Å². The molecule has 0 unspecified atom stereocenters. The summed E-state index contributed by atoms with van der Waals surface area (Å²) in [6.45, 7) is 0.00897. The van der Waals surface area contributed by atoms with Gasteiger partial charge in [-0.05, 0) is 13.3 Å². The molecule has 1 heterocycles. The molecule has 0 bridgehead atoms. The molecule has 0 saturated carbocycles. The van der Waals surface area contributed by atoms with Crippen molar-refractivity contribution in [2.24, 2.45) is 5.92 Å². The summed E-state index contributed by atoms with van der Waals surface area (Å²) >= 11 is 0. The molecule has 1 amide bonds. The van der Waals surface area contributed by atoms with Gasteiger partial charge in [0.25, 0.3) is 5.69 Å². The highest BCUT2D eigenvalue weighted by Crippen LogP contribution is 2.28. The Morgan fingerprint density at radius 1 is 1.42 bits per heavy atom. The predicted molar refractivity (Wildman–Crippen MR) is 78.1 cm³/mol. The Morgan fingerprint density at radius 3 is 2.62 bits per heavy atom. The Hall–Kier alpha value is -2.16. The number of ether oxygens (including phenoxy) is 1. The fourth-order valence-electron chi connectivity index (χ4n) is 2.75. The van der Waals surface area contributed by atoms with Gasteiger partial charge in [0.2, 0.25) is 5.91 Å². The summed E-state index contributed by atoms with van der Waals surface area (Å²) in [4.78, 5) is 23.5. The predicted octanol–water partition coefficient (Wildman–Crippen LogP) is 2.91. The van der Waals surface area contributed by atoms with Crippen LogP contribution in [-0.4, -0.2) is 41.2 Å². The second-order valence-electron chi connectivity index (χ2n) is 5.67. The van der Waals surface area contributed by atoms with Gasteiger partial charge in [-0.1, -0.05) is 18.2 Å². The SMILES string of the molecule is C[C@@H]1OCC[C@@H]1C(=O)N(Cc1ccccc1[N+](=O)[O-])CC(F)(F)F. The molecule has 1 aliphatic heterocycles. The van der Waals surface area contributed by atoms with E-state index in [0.717, 1.165) is 0 Å². The zero-order chi connectivity index (χ0) is 17.9. The first kappa shape index (κ1) is 18.2. The molecule has 1 fully saturated rings. The van der Waals surface area contributed by atoms with E-state index in [4.69, 9.17) is 4.74 Å². The number of nitrogens with zero attached hydrogens (tertiary/aromatic N) is 2. The number of hydrogen-bond acceptors (Lipinski definition) is 4. The van der Waals surface area contributed by atoms with Crippen molar-refractivity contribution < 1.29 is 27.6 Å². The van der Waals surface area contributed by atoms with E-state index < -0.39 is 42.1 Å². The summed E-state index contributed by atoms with van der Waals surface area (Å²) in [5.74, 6) is -1.37. The highest BCUT2D eigenvalue weighted by atomic mass is 19.4. The Balaban J connectivity index is 2.27. The number of halogens is 3. The number of hydrogen-bond donors (Lipinski definition) is 0. The second kappa shape index (κ2) is 7.16. The minimum Gasteiger partial charge on any atom is -0.378 e. The second-order valence-corrected chi connectivity index (χ2v) is 5.67. The lowest BCUT2D eigenvalue weighted by atomic mass is 10.0. The van der Waals surface area contributed by atoms with E-state index in [2.05, 4.69) is 0 Å². The highest BCUT2D eigenvalue weighted by Gasteiger charge is 2.39. The molecule has 6 nitrogen and oxygen atoms in total. The maximum atomic E-state index is 12.9. The van der Waals surface area contributed by atoms with E-state index in [1.165, 1.54) is 24.3 Å². The number of nitro groups is 1. The van der Waals surface area contributed by atoms with Crippen LogP contribution in [-0.2, 0) is 16.1 Å². The van der Waals surface area contributed by atoms with Crippen LogP contribution in [0.3, 0.4) is 0 Å². The Morgan fingerprint density at radius 2 is 2.08 bits per heavy atom. The average molecular weight is 346 g/mol. The molecule has 24 heavy (non-hydrogen) atoms. The fourth-order valence-corrected chi connectivity index (χ4v) is 2.75. The molecule has 0 aromatic heterocycles. The molecule has 132 valence electrons. The number of carbonyl (C=O) groups is 1. The topological polar surface area (TPSA) is 72.7 Å². The van der Waals surface area contributed by atoms with Crippen molar-refractivity contribution in [3.63, 3.8) is 0 Å². The fraction of sp³-hybridized carbons (Fsp3) is 0.533. The van der Waals surface area contributed by atoms with Crippen LogP contribution in [0.2, 0.25) is 0 Å². The van der Waals surface area contributed by atoms with Crippen molar-refractivity contribution in [2.75, 3.05) is 13.2 Å². The summed E-state index contributed by atoms with van der Waals surface area (Å²) in [7, 11) is 0. The molecule has 2 atom stereocenters. The van der Waals surface area contributed by atoms with Crippen LogP contribution in [0.15, 0.2) is 24.3 Å². The lowest BCUT2D eigenvalue weighted by Crippen LogP contribution is -2.43. The highest BCUT2D eigenvalue weighted by molar-refractivity contribution is 5.80. The molecule has 1 aromatic carbocycles. The van der Waals surface area contributed by atoms with E-state index in [9.17, 15) is 28.1 Å². The number of carbonyl (C=O) groups excluding carboxylic acids is 1. The van der Waals surface area contributed by atoms with Crippen LogP contribution in [0.4, 0.5) is 18.9 Å². The monoisotopic (exact) mass is 346 g/mol. The average Bonchev–Trinajstić information content (AvgIpc) is 2.91. The van der Waals surface area contributed by atoms with Gasteiger partial charge in [0.15, 0.2) is 0 Å². The van der Waals surface area contributed by atoms with Gasteiger partial charge in [0.05, 0.1) is 23.5 Å². The van der Waals surface area contributed by atoms with Crippen molar-refractivity contribution in [2.45, 2.75) is 32.2 Å². The first-order valence-electron chi connectivity index (χ1n) is 7.38. The van der Waals surface area contributed by atoms with Crippen molar-refractivity contribution >= 4 is 11.6 Å². The lowest BCUT2D eigenvalue weighted by molar-refractivity contribution is -0.385. The summed E-state index contributed by atoms with van der Waals surface area (Å²) < 4.78 is 43.8. The Bertz CT molecular complexity index is 621. The van der Waals surface area contributed by atoms with Gasteiger partial charge in [-0.25, -0.2) is 0 Å². The Kier molecular flexibility index (Phi) is 5.43. The van der Waals surface area contributed by atoms with Gasteiger partial charge in [-0.15, -0.1) is 0 Å². The maximum Gasteiger partial charge on any atom is 0.406 e.